The zero-order chi connectivity index (χ0) is 31.0. The van der Waals surface area contributed by atoms with E-state index in [1.807, 2.05) is 0 Å². The Morgan fingerprint density at radius 1 is 0.488 bits per heavy atom. The van der Waals surface area contributed by atoms with Gasteiger partial charge in [0.25, 0.3) is 0 Å². The normalized spacial score (nSPS) is 11.4. The highest BCUT2D eigenvalue weighted by Crippen LogP contribution is 2.16. The molecule has 10 nitrogen and oxygen atoms in total. The van der Waals surface area contributed by atoms with Gasteiger partial charge in [-0.15, -0.1) is 0 Å². The van der Waals surface area contributed by atoms with Crippen LogP contribution in [0.1, 0.15) is 128 Å². The van der Waals surface area contributed by atoms with E-state index in [1.54, 1.807) is 0 Å². The Morgan fingerprint density at radius 3 is 1.05 bits per heavy atom. The highest BCUT2D eigenvalue weighted by molar-refractivity contribution is 5.89. The maximum absolute atomic E-state index is 10.4. The minimum absolute atomic E-state index is 0.202. The second-order valence-electron chi connectivity index (χ2n) is 10.9. The molecule has 0 aliphatic heterocycles. The summed E-state index contributed by atoms with van der Waals surface area (Å²) in [5.41, 5.74) is -0.910. The Hall–Kier alpha value is -2.01. The van der Waals surface area contributed by atoms with Gasteiger partial charge in [-0.05, 0) is 12.8 Å². The van der Waals surface area contributed by atoms with Crippen molar-refractivity contribution in [3.05, 3.63) is 12.2 Å². The molecule has 0 atom stereocenters. The van der Waals surface area contributed by atoms with Gasteiger partial charge in [0, 0.05) is 25.2 Å². The smallest absolute Gasteiger partial charge is 0.328 e. The molecule has 0 heterocycles. The Morgan fingerprint density at radius 2 is 0.780 bits per heavy atom. The molecule has 6 N–H and O–H groups in total. The van der Waals surface area contributed by atoms with E-state index >= 15 is 0 Å². The van der Waals surface area contributed by atoms with Gasteiger partial charge in [-0.25, -0.2) is 9.59 Å². The van der Waals surface area contributed by atoms with Crippen LogP contribution in [0, 0.1) is 5.41 Å². The van der Waals surface area contributed by atoms with Gasteiger partial charge in [0.2, 0.25) is 0 Å². The first-order valence-electron chi connectivity index (χ1n) is 15.5. The molecule has 0 amide bonds. The molecule has 0 saturated heterocycles. The number of carbonyl (C=O) groups is 3. The first-order chi connectivity index (χ1) is 19.7. The molecule has 0 radical (unpaired) electrons. The lowest BCUT2D eigenvalue weighted by Crippen LogP contribution is -2.38. The maximum atomic E-state index is 10.4. The average molecular weight is 591 g/mol. The van der Waals surface area contributed by atoms with Crippen molar-refractivity contribution < 1.29 is 49.8 Å². The molecule has 0 aliphatic rings. The topological polar surface area (TPSA) is 182 Å². The second-order valence-corrected chi connectivity index (χ2v) is 10.9. The van der Waals surface area contributed by atoms with Crippen LogP contribution in [0.25, 0.3) is 0 Å². The summed E-state index contributed by atoms with van der Waals surface area (Å²) >= 11 is 0. The van der Waals surface area contributed by atoms with Crippen molar-refractivity contribution in [2.24, 2.45) is 5.41 Å². The van der Waals surface area contributed by atoms with E-state index in [1.165, 1.54) is 96.3 Å². The van der Waals surface area contributed by atoms with Gasteiger partial charge in [-0.1, -0.05) is 109 Å². The number of rotatable bonds is 29. The predicted molar refractivity (Wildman–Crippen MR) is 159 cm³/mol. The van der Waals surface area contributed by atoms with Gasteiger partial charge >= 0.3 is 17.9 Å². The quantitative estimate of drug-likeness (QED) is 0.0476. The largest absolute Gasteiger partial charge is 0.481 e. The number of aliphatic hydroxyl groups is 3. The molecule has 41 heavy (non-hydrogen) atoms. The third-order valence-corrected chi connectivity index (χ3v) is 6.96. The summed E-state index contributed by atoms with van der Waals surface area (Å²) in [5.74, 6) is -3.18. The summed E-state index contributed by atoms with van der Waals surface area (Å²) in [7, 11) is 0. The predicted octanol–water partition coefficient (Wildman–Crippen LogP) is 5.56. The molecule has 0 spiro atoms. The maximum Gasteiger partial charge on any atom is 0.328 e. The number of hydrogen-bond acceptors (Lipinski definition) is 7. The molecule has 10 heteroatoms. The van der Waals surface area contributed by atoms with Crippen molar-refractivity contribution in [1.29, 1.82) is 0 Å². The summed E-state index contributed by atoms with van der Waals surface area (Å²) in [4.78, 5) is 29.5. The number of carboxylic acid groups (broad SMARTS) is 3. The van der Waals surface area contributed by atoms with E-state index in [2.05, 4.69) is 0 Å². The zero-order valence-electron chi connectivity index (χ0n) is 25.1. The second kappa shape index (κ2) is 30.9. The molecule has 0 saturated carbocycles. The van der Waals surface area contributed by atoms with Crippen LogP contribution in [-0.2, 0) is 19.1 Å². The van der Waals surface area contributed by atoms with Gasteiger partial charge in [0.1, 0.15) is 0 Å². The summed E-state index contributed by atoms with van der Waals surface area (Å²) < 4.78 is 5.52. The first-order valence-corrected chi connectivity index (χ1v) is 15.5. The number of hydrogen-bond donors (Lipinski definition) is 6. The van der Waals surface area contributed by atoms with E-state index in [-0.39, 0.29) is 26.4 Å². The number of aliphatic hydroxyl groups excluding tert-OH is 3. The van der Waals surface area contributed by atoms with Gasteiger partial charge in [-0.2, -0.15) is 0 Å². The molecule has 0 fully saturated rings. The van der Waals surface area contributed by atoms with Crippen molar-refractivity contribution in [1.82, 2.24) is 0 Å². The van der Waals surface area contributed by atoms with E-state index in [9.17, 15) is 29.7 Å². The molecule has 0 aliphatic carbocycles. The molecular formula is C31H58O10. The van der Waals surface area contributed by atoms with Crippen molar-refractivity contribution in [3.8, 4) is 0 Å². The highest BCUT2D eigenvalue weighted by Gasteiger charge is 2.28. The molecule has 0 aromatic rings. The lowest BCUT2D eigenvalue weighted by atomic mass is 9.93. The number of carboxylic acids is 3. The van der Waals surface area contributed by atoms with Gasteiger partial charge in [0.15, 0.2) is 0 Å². The van der Waals surface area contributed by atoms with Crippen LogP contribution >= 0.6 is 0 Å². The molecular weight excluding hydrogens is 532 g/mol. The van der Waals surface area contributed by atoms with E-state index in [4.69, 9.17) is 20.1 Å². The molecule has 0 aromatic heterocycles. The summed E-state index contributed by atoms with van der Waals surface area (Å²) in [6.07, 6.45) is 25.3. The Bertz CT molecular complexity index is 623. The van der Waals surface area contributed by atoms with Crippen LogP contribution in [0.2, 0.25) is 0 Å². The number of unbranched alkanes of at least 4 members (excludes halogenated alkanes) is 18. The van der Waals surface area contributed by atoms with Gasteiger partial charge < -0.3 is 35.4 Å². The third-order valence-electron chi connectivity index (χ3n) is 6.96. The van der Waals surface area contributed by atoms with Crippen LogP contribution < -0.4 is 0 Å². The SMILES string of the molecule is O=C(O)/C=C\C(=O)O.O=C(O)CCCCCCCCCCCCCCCCCCCCCOCC(CO)(CO)CO. The first kappa shape index (κ1) is 41.1. The van der Waals surface area contributed by atoms with Crippen LogP contribution in [0.3, 0.4) is 0 Å². The lowest BCUT2D eigenvalue weighted by Gasteiger charge is -2.26. The van der Waals surface area contributed by atoms with Crippen molar-refractivity contribution in [2.45, 2.75) is 128 Å². The molecule has 0 unspecified atom stereocenters. The summed E-state index contributed by atoms with van der Waals surface area (Å²) in [5, 5.41) is 52.0. The Kier molecular flexibility index (Phi) is 31.0. The fourth-order valence-corrected chi connectivity index (χ4v) is 4.20. The lowest BCUT2D eigenvalue weighted by molar-refractivity contribution is -0.137. The van der Waals surface area contributed by atoms with Crippen molar-refractivity contribution in [3.63, 3.8) is 0 Å². The highest BCUT2D eigenvalue weighted by atomic mass is 16.5. The minimum atomic E-state index is -1.26. The van der Waals surface area contributed by atoms with Crippen LogP contribution in [-0.4, -0.2) is 81.6 Å². The minimum Gasteiger partial charge on any atom is -0.481 e. The summed E-state index contributed by atoms with van der Waals surface area (Å²) in [6, 6.07) is 0. The third kappa shape index (κ3) is 32.4. The fourth-order valence-electron chi connectivity index (χ4n) is 4.20. The van der Waals surface area contributed by atoms with Crippen LogP contribution in [0.4, 0.5) is 0 Å². The average Bonchev–Trinajstić information content (AvgIpc) is 2.95. The van der Waals surface area contributed by atoms with E-state index in [0.29, 0.717) is 25.2 Å². The molecule has 242 valence electrons. The van der Waals surface area contributed by atoms with E-state index in [0.717, 1.165) is 25.7 Å². The molecule has 0 rings (SSSR count). The molecule has 0 bridgehead atoms. The summed E-state index contributed by atoms with van der Waals surface area (Å²) in [6.45, 7) is 0.0319. The Balaban J connectivity index is 0. The molecule has 0 aromatic carbocycles. The van der Waals surface area contributed by atoms with Crippen molar-refractivity contribution >= 4 is 17.9 Å². The van der Waals surface area contributed by atoms with Crippen LogP contribution in [0.15, 0.2) is 12.2 Å². The van der Waals surface area contributed by atoms with Crippen LogP contribution in [0.5, 0.6) is 0 Å². The Labute approximate surface area is 246 Å². The monoisotopic (exact) mass is 590 g/mol. The zero-order valence-corrected chi connectivity index (χ0v) is 25.1. The fraction of sp³-hybridized carbons (Fsp3) is 0.839. The van der Waals surface area contributed by atoms with Gasteiger partial charge in [-0.3, -0.25) is 4.79 Å². The standard InChI is InChI=1S/C27H54O6.C4H4O4/c28-22-27(23-29,24-30)25-33-21-19-17-15-13-11-9-7-5-3-1-2-4-6-8-10-12-14-16-18-20-26(31)32;5-3(6)1-2-4(7)8/h28-30H,1-25H2,(H,31,32);1-2H,(H,5,6)(H,7,8)/b;2-1-. The van der Waals surface area contributed by atoms with Crippen molar-refractivity contribution in [2.75, 3.05) is 33.0 Å². The van der Waals surface area contributed by atoms with Gasteiger partial charge in [0.05, 0.1) is 31.8 Å². The number of ether oxygens (including phenoxy) is 1. The number of aliphatic carboxylic acids is 3. The van der Waals surface area contributed by atoms with E-state index < -0.39 is 23.3 Å².